The van der Waals surface area contributed by atoms with Gasteiger partial charge in [-0.15, -0.1) is 0 Å². The van der Waals surface area contributed by atoms with E-state index in [9.17, 15) is 0 Å². The molecule has 1 aromatic carbocycles. The van der Waals surface area contributed by atoms with Crippen LogP contribution in [-0.2, 0) is 0 Å². The van der Waals surface area contributed by atoms with Crippen LogP contribution in [0.5, 0.6) is 5.75 Å². The number of halogens is 1. The van der Waals surface area contributed by atoms with Crippen molar-refractivity contribution in [1.29, 1.82) is 0 Å². The largest absolute Gasteiger partial charge is 0.489 e. The Hall–Kier alpha value is -0.540. The summed E-state index contributed by atoms with van der Waals surface area (Å²) < 4.78 is 7.24. The maximum Gasteiger partial charge on any atom is 0.123 e. The summed E-state index contributed by atoms with van der Waals surface area (Å²) in [6.07, 6.45) is 2.68. The Labute approximate surface area is 112 Å². The van der Waals surface area contributed by atoms with Crippen molar-refractivity contribution < 1.29 is 4.74 Å². The molecule has 0 aromatic heterocycles. The van der Waals surface area contributed by atoms with Crippen LogP contribution in [0.4, 0.5) is 0 Å². The number of piperidine rings is 1. The first-order chi connectivity index (χ1) is 8.16. The monoisotopic (exact) mass is 297 g/mol. The molecule has 0 radical (unpaired) electrons. The Kier molecular flexibility index (Phi) is 4.46. The van der Waals surface area contributed by atoms with Gasteiger partial charge in [-0.3, -0.25) is 0 Å². The van der Waals surface area contributed by atoms with Crippen LogP contribution in [-0.4, -0.2) is 19.2 Å². The third-order valence-electron chi connectivity index (χ3n) is 3.14. The fraction of sp³-hybridized carbons (Fsp3) is 0.571. The molecule has 17 heavy (non-hydrogen) atoms. The van der Waals surface area contributed by atoms with Crippen molar-refractivity contribution in [3.05, 3.63) is 28.2 Å². The zero-order valence-corrected chi connectivity index (χ0v) is 12.1. The summed E-state index contributed by atoms with van der Waals surface area (Å²) in [6, 6.07) is 6.29. The predicted molar refractivity (Wildman–Crippen MR) is 74.8 cm³/mol. The molecule has 0 aliphatic carbocycles. The normalized spacial score (nSPS) is 20.6. The molecule has 0 bridgehead atoms. The van der Waals surface area contributed by atoms with Crippen LogP contribution in [0, 0.1) is 0 Å². The van der Waals surface area contributed by atoms with Crippen molar-refractivity contribution in [3.8, 4) is 5.75 Å². The van der Waals surface area contributed by atoms with Crippen LogP contribution in [0.3, 0.4) is 0 Å². The quantitative estimate of drug-likeness (QED) is 0.918. The lowest BCUT2D eigenvalue weighted by Crippen LogP contribution is -2.37. The fourth-order valence-corrected chi connectivity index (χ4v) is 2.56. The van der Waals surface area contributed by atoms with Crippen LogP contribution in [0.2, 0.25) is 0 Å². The van der Waals surface area contributed by atoms with Crippen LogP contribution in [0.15, 0.2) is 22.7 Å². The minimum absolute atomic E-state index is 0.322. The Balaban J connectivity index is 2.13. The number of nitrogens with one attached hydrogen (secondary N) is 1. The molecule has 1 heterocycles. The molecular weight excluding hydrogens is 278 g/mol. The van der Waals surface area contributed by atoms with E-state index in [1.165, 1.54) is 12.0 Å². The highest BCUT2D eigenvalue weighted by molar-refractivity contribution is 9.10. The van der Waals surface area contributed by atoms with Crippen molar-refractivity contribution in [2.45, 2.75) is 38.7 Å². The molecule has 1 aromatic rings. The summed E-state index contributed by atoms with van der Waals surface area (Å²) in [4.78, 5) is 0. The van der Waals surface area contributed by atoms with Gasteiger partial charge in [0, 0.05) is 11.0 Å². The molecule has 0 spiro atoms. The Bertz CT molecular complexity index is 372. The van der Waals surface area contributed by atoms with Gasteiger partial charge in [-0.1, -0.05) is 29.8 Å². The van der Waals surface area contributed by atoms with Crippen LogP contribution in [0.25, 0.3) is 0 Å². The second-order valence-corrected chi connectivity index (χ2v) is 5.84. The van der Waals surface area contributed by atoms with Crippen molar-refractivity contribution in [1.82, 2.24) is 5.32 Å². The van der Waals surface area contributed by atoms with Gasteiger partial charge in [-0.05, 0) is 49.1 Å². The molecule has 0 amide bonds. The van der Waals surface area contributed by atoms with Gasteiger partial charge in [0.1, 0.15) is 11.9 Å². The minimum Gasteiger partial charge on any atom is -0.489 e. The van der Waals surface area contributed by atoms with E-state index in [0.717, 1.165) is 29.7 Å². The van der Waals surface area contributed by atoms with Crippen molar-refractivity contribution in [2.75, 3.05) is 13.1 Å². The zero-order valence-electron chi connectivity index (χ0n) is 10.5. The highest BCUT2D eigenvalue weighted by atomic mass is 79.9. The molecule has 0 unspecified atom stereocenters. The van der Waals surface area contributed by atoms with Gasteiger partial charge in [0.2, 0.25) is 0 Å². The van der Waals surface area contributed by atoms with Crippen molar-refractivity contribution in [3.63, 3.8) is 0 Å². The number of hydrogen-bond acceptors (Lipinski definition) is 2. The van der Waals surface area contributed by atoms with E-state index >= 15 is 0 Å². The van der Waals surface area contributed by atoms with Gasteiger partial charge >= 0.3 is 0 Å². The average Bonchev–Trinajstić information content (AvgIpc) is 2.32. The topological polar surface area (TPSA) is 21.3 Å². The molecule has 1 saturated heterocycles. The zero-order chi connectivity index (χ0) is 12.3. The van der Waals surface area contributed by atoms with Gasteiger partial charge in [-0.25, -0.2) is 0 Å². The molecule has 2 rings (SSSR count). The molecule has 1 fully saturated rings. The highest BCUT2D eigenvalue weighted by Crippen LogP contribution is 2.30. The van der Waals surface area contributed by atoms with Gasteiger partial charge in [-0.2, -0.15) is 0 Å². The fourth-order valence-electron chi connectivity index (χ4n) is 2.18. The Morgan fingerprint density at radius 3 is 2.88 bits per heavy atom. The Morgan fingerprint density at radius 1 is 1.41 bits per heavy atom. The van der Waals surface area contributed by atoms with Gasteiger partial charge in [0.25, 0.3) is 0 Å². The molecule has 1 aliphatic rings. The number of rotatable bonds is 3. The third-order valence-corrected chi connectivity index (χ3v) is 3.63. The molecule has 2 nitrogen and oxygen atoms in total. The summed E-state index contributed by atoms with van der Waals surface area (Å²) >= 11 is 3.52. The van der Waals surface area contributed by atoms with Gasteiger partial charge < -0.3 is 10.1 Å². The van der Waals surface area contributed by atoms with E-state index in [1.54, 1.807) is 0 Å². The molecule has 1 aliphatic heterocycles. The van der Waals surface area contributed by atoms with Crippen LogP contribution in [0.1, 0.15) is 38.2 Å². The van der Waals surface area contributed by atoms with Gasteiger partial charge in [0.15, 0.2) is 0 Å². The molecule has 3 heteroatoms. The first kappa shape index (κ1) is 12.9. The molecule has 94 valence electrons. The summed E-state index contributed by atoms with van der Waals surface area (Å²) in [6.45, 7) is 6.49. The number of ether oxygens (including phenoxy) is 1. The standard InChI is InChI=1S/C14H20BrNO/c1-10(2)13-8-11(15)5-6-14(13)17-12-4-3-7-16-9-12/h5-6,8,10,12,16H,3-4,7,9H2,1-2H3/t12-/m0/s1. The van der Waals surface area contributed by atoms with Crippen molar-refractivity contribution in [2.24, 2.45) is 0 Å². The number of benzene rings is 1. The van der Waals surface area contributed by atoms with E-state index in [-0.39, 0.29) is 0 Å². The molecule has 1 N–H and O–H groups in total. The first-order valence-corrected chi connectivity index (χ1v) is 7.13. The van der Waals surface area contributed by atoms with E-state index in [1.807, 2.05) is 0 Å². The SMILES string of the molecule is CC(C)c1cc(Br)ccc1O[C@H]1CCCNC1. The molecule has 1 atom stereocenters. The summed E-state index contributed by atoms with van der Waals surface area (Å²) in [5, 5.41) is 3.38. The second kappa shape index (κ2) is 5.87. The highest BCUT2D eigenvalue weighted by Gasteiger charge is 2.17. The first-order valence-electron chi connectivity index (χ1n) is 6.33. The van der Waals surface area contributed by atoms with E-state index in [2.05, 4.69) is 53.3 Å². The van der Waals surface area contributed by atoms with E-state index < -0.39 is 0 Å². The predicted octanol–water partition coefficient (Wildman–Crippen LogP) is 3.70. The second-order valence-electron chi connectivity index (χ2n) is 4.92. The minimum atomic E-state index is 0.322. The van der Waals surface area contributed by atoms with Gasteiger partial charge in [0.05, 0.1) is 0 Å². The van der Waals surface area contributed by atoms with Crippen LogP contribution >= 0.6 is 15.9 Å². The van der Waals surface area contributed by atoms with Crippen LogP contribution < -0.4 is 10.1 Å². The maximum absolute atomic E-state index is 6.12. The lowest BCUT2D eigenvalue weighted by molar-refractivity contribution is 0.165. The van der Waals surface area contributed by atoms with E-state index in [4.69, 9.17) is 4.74 Å². The summed E-state index contributed by atoms with van der Waals surface area (Å²) in [5.41, 5.74) is 1.28. The Morgan fingerprint density at radius 2 is 2.24 bits per heavy atom. The lowest BCUT2D eigenvalue weighted by atomic mass is 10.0. The summed E-state index contributed by atoms with van der Waals surface area (Å²) in [7, 11) is 0. The average molecular weight is 298 g/mol. The van der Waals surface area contributed by atoms with Crippen molar-refractivity contribution >= 4 is 15.9 Å². The maximum atomic E-state index is 6.12. The lowest BCUT2D eigenvalue weighted by Gasteiger charge is -2.26. The molecular formula is C14H20BrNO. The van der Waals surface area contributed by atoms with E-state index in [0.29, 0.717) is 12.0 Å². The smallest absolute Gasteiger partial charge is 0.123 e. The third kappa shape index (κ3) is 3.46. The molecule has 0 saturated carbocycles. The summed E-state index contributed by atoms with van der Waals surface area (Å²) in [5.74, 6) is 1.52. The number of hydrogen-bond donors (Lipinski definition) is 1.